The van der Waals surface area contributed by atoms with Crippen LogP contribution >= 0.6 is 15.9 Å². The third-order valence-corrected chi connectivity index (χ3v) is 3.19. The van der Waals surface area contributed by atoms with Crippen molar-refractivity contribution in [3.63, 3.8) is 0 Å². The van der Waals surface area contributed by atoms with E-state index in [0.717, 1.165) is 18.2 Å². The zero-order chi connectivity index (χ0) is 14.0. The standard InChI is InChI=1S/C14H8BrF3O/c15-11-5-8(1-3-13(11)18)6-14(19)10-7-9(16)2-4-12(10)17/h1-5,7H,6H2. The van der Waals surface area contributed by atoms with Gasteiger partial charge in [0.05, 0.1) is 10.0 Å². The molecule has 0 aliphatic heterocycles. The van der Waals surface area contributed by atoms with Crippen LogP contribution in [0.4, 0.5) is 13.2 Å². The van der Waals surface area contributed by atoms with E-state index in [0.29, 0.717) is 5.56 Å². The zero-order valence-electron chi connectivity index (χ0n) is 9.59. The Morgan fingerprint density at radius 3 is 2.37 bits per heavy atom. The molecule has 2 rings (SSSR count). The summed E-state index contributed by atoms with van der Waals surface area (Å²) in [7, 11) is 0. The van der Waals surface area contributed by atoms with E-state index in [2.05, 4.69) is 15.9 Å². The van der Waals surface area contributed by atoms with Crippen LogP contribution in [0.1, 0.15) is 15.9 Å². The lowest BCUT2D eigenvalue weighted by Crippen LogP contribution is -2.07. The van der Waals surface area contributed by atoms with Crippen LogP contribution in [0.3, 0.4) is 0 Å². The number of Topliss-reactive ketones (excluding diaryl/α,β-unsaturated/α-hetero) is 1. The lowest BCUT2D eigenvalue weighted by molar-refractivity contribution is 0.0988. The second-order valence-electron chi connectivity index (χ2n) is 3.97. The fourth-order valence-corrected chi connectivity index (χ4v) is 2.07. The van der Waals surface area contributed by atoms with E-state index in [-0.39, 0.29) is 16.5 Å². The predicted octanol–water partition coefficient (Wildman–Crippen LogP) is 4.29. The summed E-state index contributed by atoms with van der Waals surface area (Å²) in [6, 6.07) is 6.77. The molecular formula is C14H8BrF3O. The van der Waals surface area contributed by atoms with Gasteiger partial charge in [0.1, 0.15) is 17.5 Å². The van der Waals surface area contributed by atoms with Gasteiger partial charge in [-0.05, 0) is 51.8 Å². The summed E-state index contributed by atoms with van der Waals surface area (Å²) in [5.74, 6) is -2.46. The molecule has 0 unspecified atom stereocenters. The largest absolute Gasteiger partial charge is 0.294 e. The summed E-state index contributed by atoms with van der Waals surface area (Å²) in [6.45, 7) is 0. The Morgan fingerprint density at radius 2 is 1.68 bits per heavy atom. The number of halogens is 4. The van der Waals surface area contributed by atoms with E-state index in [1.165, 1.54) is 18.2 Å². The third-order valence-electron chi connectivity index (χ3n) is 2.58. The maximum Gasteiger partial charge on any atom is 0.170 e. The molecule has 0 aliphatic carbocycles. The van der Waals surface area contributed by atoms with Crippen molar-refractivity contribution in [2.75, 3.05) is 0 Å². The van der Waals surface area contributed by atoms with Crippen LogP contribution in [0.15, 0.2) is 40.9 Å². The Morgan fingerprint density at radius 1 is 1.00 bits per heavy atom. The zero-order valence-corrected chi connectivity index (χ0v) is 11.2. The molecule has 5 heteroatoms. The molecule has 0 spiro atoms. The molecule has 0 aromatic heterocycles. The number of hydrogen-bond donors (Lipinski definition) is 0. The van der Waals surface area contributed by atoms with E-state index < -0.39 is 23.2 Å². The number of benzene rings is 2. The third kappa shape index (κ3) is 3.23. The van der Waals surface area contributed by atoms with Crippen LogP contribution in [-0.2, 0) is 6.42 Å². The first-order valence-corrected chi connectivity index (χ1v) is 6.19. The Balaban J connectivity index is 2.25. The highest BCUT2D eigenvalue weighted by molar-refractivity contribution is 9.10. The average molecular weight is 329 g/mol. The topological polar surface area (TPSA) is 17.1 Å². The summed E-state index contributed by atoms with van der Waals surface area (Å²) in [5.41, 5.74) is 0.211. The van der Waals surface area contributed by atoms with E-state index >= 15 is 0 Å². The van der Waals surface area contributed by atoms with E-state index in [4.69, 9.17) is 0 Å². The van der Waals surface area contributed by atoms with Gasteiger partial charge in [-0.15, -0.1) is 0 Å². The first-order chi connectivity index (χ1) is 8.97. The lowest BCUT2D eigenvalue weighted by Gasteiger charge is -2.04. The monoisotopic (exact) mass is 328 g/mol. The maximum absolute atomic E-state index is 13.4. The second-order valence-corrected chi connectivity index (χ2v) is 4.83. The fraction of sp³-hybridized carbons (Fsp3) is 0.0714. The summed E-state index contributed by atoms with van der Waals surface area (Å²) < 4.78 is 39.7. The molecule has 0 heterocycles. The summed E-state index contributed by atoms with van der Waals surface area (Å²) >= 11 is 3.00. The Bertz CT molecular complexity index is 641. The van der Waals surface area contributed by atoms with E-state index in [9.17, 15) is 18.0 Å². The van der Waals surface area contributed by atoms with Crippen LogP contribution in [0.2, 0.25) is 0 Å². The van der Waals surface area contributed by atoms with E-state index in [1.54, 1.807) is 0 Å². The quantitative estimate of drug-likeness (QED) is 0.768. The smallest absolute Gasteiger partial charge is 0.170 e. The Labute approximate surface area is 116 Å². The minimum atomic E-state index is -0.771. The van der Waals surface area contributed by atoms with Gasteiger partial charge in [0.15, 0.2) is 5.78 Å². The second kappa shape index (κ2) is 5.57. The number of carbonyl (C=O) groups is 1. The molecule has 0 aliphatic rings. The first kappa shape index (κ1) is 13.8. The van der Waals surface area contributed by atoms with Gasteiger partial charge in [0, 0.05) is 6.42 Å². The van der Waals surface area contributed by atoms with Crippen molar-refractivity contribution in [2.24, 2.45) is 0 Å². The minimum Gasteiger partial charge on any atom is -0.294 e. The van der Waals surface area contributed by atoms with Crippen molar-refractivity contribution in [1.82, 2.24) is 0 Å². The first-order valence-electron chi connectivity index (χ1n) is 5.39. The molecule has 2 aromatic rings. The maximum atomic E-state index is 13.4. The van der Waals surface area contributed by atoms with Gasteiger partial charge in [-0.25, -0.2) is 13.2 Å². The molecule has 0 saturated heterocycles. The van der Waals surface area contributed by atoms with Gasteiger partial charge in [-0.1, -0.05) is 6.07 Å². The molecule has 0 radical (unpaired) electrons. The van der Waals surface area contributed by atoms with Gasteiger partial charge < -0.3 is 0 Å². The number of rotatable bonds is 3. The highest BCUT2D eigenvalue weighted by Crippen LogP contribution is 2.19. The van der Waals surface area contributed by atoms with Gasteiger partial charge >= 0.3 is 0 Å². The molecule has 0 fully saturated rings. The van der Waals surface area contributed by atoms with Gasteiger partial charge in [-0.3, -0.25) is 4.79 Å². The van der Waals surface area contributed by atoms with Crippen molar-refractivity contribution in [3.05, 3.63) is 69.4 Å². The summed E-state index contributed by atoms with van der Waals surface area (Å²) in [5, 5.41) is 0. The van der Waals surface area contributed by atoms with Crippen molar-refractivity contribution >= 4 is 21.7 Å². The average Bonchev–Trinajstić information content (AvgIpc) is 2.36. The molecule has 2 aromatic carbocycles. The van der Waals surface area contributed by atoms with Crippen molar-refractivity contribution in [1.29, 1.82) is 0 Å². The fourth-order valence-electron chi connectivity index (χ4n) is 1.64. The van der Waals surface area contributed by atoms with Gasteiger partial charge in [0.25, 0.3) is 0 Å². The number of ketones is 1. The molecule has 0 bridgehead atoms. The highest BCUT2D eigenvalue weighted by atomic mass is 79.9. The number of hydrogen-bond acceptors (Lipinski definition) is 1. The van der Waals surface area contributed by atoms with Crippen LogP contribution in [0.25, 0.3) is 0 Å². The van der Waals surface area contributed by atoms with Crippen molar-refractivity contribution in [3.8, 4) is 0 Å². The molecule has 0 atom stereocenters. The minimum absolute atomic E-state index is 0.126. The van der Waals surface area contributed by atoms with Crippen LogP contribution < -0.4 is 0 Å². The van der Waals surface area contributed by atoms with Crippen molar-refractivity contribution in [2.45, 2.75) is 6.42 Å². The summed E-state index contributed by atoms with van der Waals surface area (Å²) in [6.07, 6.45) is -0.126. The molecule has 1 nitrogen and oxygen atoms in total. The van der Waals surface area contributed by atoms with Gasteiger partial charge in [0.2, 0.25) is 0 Å². The number of carbonyl (C=O) groups excluding carboxylic acids is 1. The lowest BCUT2D eigenvalue weighted by atomic mass is 10.0. The molecular weight excluding hydrogens is 321 g/mol. The van der Waals surface area contributed by atoms with Crippen LogP contribution in [-0.4, -0.2) is 5.78 Å². The molecule has 0 N–H and O–H groups in total. The normalized spacial score (nSPS) is 10.5. The SMILES string of the molecule is O=C(Cc1ccc(F)c(Br)c1)c1cc(F)ccc1F. The molecule has 0 amide bonds. The van der Waals surface area contributed by atoms with Crippen molar-refractivity contribution < 1.29 is 18.0 Å². The van der Waals surface area contributed by atoms with Crippen LogP contribution in [0.5, 0.6) is 0 Å². The van der Waals surface area contributed by atoms with Gasteiger partial charge in [-0.2, -0.15) is 0 Å². The predicted molar refractivity (Wildman–Crippen MR) is 68.5 cm³/mol. The Kier molecular flexibility index (Phi) is 4.04. The Hall–Kier alpha value is -1.62. The molecule has 19 heavy (non-hydrogen) atoms. The van der Waals surface area contributed by atoms with Crippen LogP contribution in [0, 0.1) is 17.5 Å². The summed E-state index contributed by atoms with van der Waals surface area (Å²) in [4.78, 5) is 11.9. The molecule has 0 saturated carbocycles. The van der Waals surface area contributed by atoms with E-state index in [1.807, 2.05) is 0 Å². The molecule has 98 valence electrons. The highest BCUT2D eigenvalue weighted by Gasteiger charge is 2.14.